The second kappa shape index (κ2) is 10.2. The maximum absolute atomic E-state index is 13.3. The summed E-state index contributed by atoms with van der Waals surface area (Å²) in [6, 6.07) is 12.1. The predicted molar refractivity (Wildman–Crippen MR) is 125 cm³/mol. The number of rotatable bonds is 8. The van der Waals surface area contributed by atoms with Gasteiger partial charge in [-0.25, -0.2) is 8.42 Å². The van der Waals surface area contributed by atoms with Crippen molar-refractivity contribution in [1.82, 2.24) is 10.2 Å². The van der Waals surface area contributed by atoms with E-state index in [-0.39, 0.29) is 10.8 Å². The molecule has 2 aromatic carbocycles. The first-order valence-corrected chi connectivity index (χ1v) is 12.3. The number of nitrogens with one attached hydrogen (secondary N) is 2. The number of anilines is 2. The molecule has 2 aromatic rings. The molecule has 0 saturated carbocycles. The van der Waals surface area contributed by atoms with Crippen molar-refractivity contribution in [2.45, 2.75) is 31.6 Å². The number of aryl methyl sites for hydroxylation is 1. The molecule has 0 bridgehead atoms. The summed E-state index contributed by atoms with van der Waals surface area (Å²) in [5, 5.41) is 3.32. The molecule has 0 radical (unpaired) electrons. The summed E-state index contributed by atoms with van der Waals surface area (Å²) < 4.78 is 28.5. The van der Waals surface area contributed by atoms with Crippen LogP contribution in [0.5, 0.6) is 0 Å². The van der Waals surface area contributed by atoms with Crippen molar-refractivity contribution in [2.75, 3.05) is 49.4 Å². The minimum atomic E-state index is -3.76. The highest BCUT2D eigenvalue weighted by Gasteiger charge is 2.23. The van der Waals surface area contributed by atoms with Crippen LogP contribution in [0.1, 0.15) is 35.7 Å². The molecule has 0 aromatic heterocycles. The van der Waals surface area contributed by atoms with E-state index in [1.165, 1.54) is 0 Å². The molecule has 1 heterocycles. The van der Waals surface area contributed by atoms with Crippen LogP contribution < -0.4 is 14.9 Å². The lowest BCUT2D eigenvalue weighted by molar-refractivity contribution is 0.0794. The molecule has 168 valence electrons. The summed E-state index contributed by atoms with van der Waals surface area (Å²) >= 11 is 0. The van der Waals surface area contributed by atoms with Gasteiger partial charge >= 0.3 is 0 Å². The Bertz CT molecular complexity index is 1020. The molecule has 3 rings (SSSR count). The first-order chi connectivity index (χ1) is 14.8. The molecular weight excluding hydrogens is 412 g/mol. The SMILES string of the molecule is CCCCN(C)C(=O)c1cc(NS(=O)(=O)c2ccccc2C)ccc1N1CCNCC1. The molecule has 7 nitrogen and oxygen atoms in total. The van der Waals surface area contributed by atoms with Crippen molar-refractivity contribution in [3.05, 3.63) is 53.6 Å². The van der Waals surface area contributed by atoms with Gasteiger partial charge in [-0.15, -0.1) is 0 Å². The number of hydrogen-bond acceptors (Lipinski definition) is 5. The zero-order valence-electron chi connectivity index (χ0n) is 18.5. The highest BCUT2D eigenvalue weighted by atomic mass is 32.2. The number of benzene rings is 2. The summed E-state index contributed by atoms with van der Waals surface area (Å²) in [5.74, 6) is -0.0982. The third-order valence-corrected chi connectivity index (χ3v) is 7.06. The highest BCUT2D eigenvalue weighted by Crippen LogP contribution is 2.28. The molecule has 0 aliphatic carbocycles. The van der Waals surface area contributed by atoms with Crippen LogP contribution in [0.2, 0.25) is 0 Å². The Hall–Kier alpha value is -2.58. The summed E-state index contributed by atoms with van der Waals surface area (Å²) in [7, 11) is -1.96. The average Bonchev–Trinajstić information content (AvgIpc) is 2.77. The first-order valence-electron chi connectivity index (χ1n) is 10.8. The fourth-order valence-corrected chi connectivity index (χ4v) is 5.02. The Kier molecular flexibility index (Phi) is 7.56. The molecule has 1 aliphatic heterocycles. The monoisotopic (exact) mass is 444 g/mol. The van der Waals surface area contributed by atoms with Crippen LogP contribution in [0.15, 0.2) is 47.4 Å². The van der Waals surface area contributed by atoms with Crippen molar-refractivity contribution in [2.24, 2.45) is 0 Å². The van der Waals surface area contributed by atoms with Crippen LogP contribution >= 0.6 is 0 Å². The number of carbonyl (C=O) groups excluding carboxylic acids is 1. The van der Waals surface area contributed by atoms with Crippen LogP contribution in [-0.4, -0.2) is 59.0 Å². The van der Waals surface area contributed by atoms with Gasteiger partial charge in [0.15, 0.2) is 0 Å². The van der Waals surface area contributed by atoms with Crippen LogP contribution in [0.25, 0.3) is 0 Å². The van der Waals surface area contributed by atoms with Gasteiger partial charge in [0.1, 0.15) is 0 Å². The van der Waals surface area contributed by atoms with Crippen LogP contribution in [0.4, 0.5) is 11.4 Å². The van der Waals surface area contributed by atoms with Crippen molar-refractivity contribution in [3.8, 4) is 0 Å². The number of carbonyl (C=O) groups is 1. The molecule has 1 fully saturated rings. The van der Waals surface area contributed by atoms with E-state index in [0.29, 0.717) is 23.4 Å². The number of piperazine rings is 1. The molecule has 8 heteroatoms. The van der Waals surface area contributed by atoms with E-state index in [9.17, 15) is 13.2 Å². The molecule has 1 saturated heterocycles. The van der Waals surface area contributed by atoms with Gasteiger partial charge in [-0.2, -0.15) is 0 Å². The van der Waals surface area contributed by atoms with E-state index in [2.05, 4.69) is 21.9 Å². The maximum Gasteiger partial charge on any atom is 0.262 e. The number of sulfonamides is 1. The lowest BCUT2D eigenvalue weighted by atomic mass is 10.1. The number of amides is 1. The lowest BCUT2D eigenvalue weighted by Gasteiger charge is -2.32. The fraction of sp³-hybridized carbons (Fsp3) is 0.435. The predicted octanol–water partition coefficient (Wildman–Crippen LogP) is 3.08. The highest BCUT2D eigenvalue weighted by molar-refractivity contribution is 7.92. The van der Waals surface area contributed by atoms with Crippen LogP contribution in [0.3, 0.4) is 0 Å². The number of unbranched alkanes of at least 4 members (excludes halogenated alkanes) is 1. The normalized spacial score (nSPS) is 14.4. The van der Waals surface area contributed by atoms with Gasteiger partial charge in [-0.1, -0.05) is 31.5 Å². The van der Waals surface area contributed by atoms with Gasteiger partial charge in [0.2, 0.25) is 0 Å². The summed E-state index contributed by atoms with van der Waals surface area (Å²) in [6.45, 7) is 7.81. The molecule has 0 atom stereocenters. The molecule has 1 aliphatic rings. The van der Waals surface area contributed by atoms with Crippen molar-refractivity contribution in [3.63, 3.8) is 0 Å². The molecule has 2 N–H and O–H groups in total. The second-order valence-electron chi connectivity index (χ2n) is 7.92. The molecule has 31 heavy (non-hydrogen) atoms. The quantitative estimate of drug-likeness (QED) is 0.654. The van der Waals surface area contributed by atoms with E-state index in [4.69, 9.17) is 0 Å². The fourth-order valence-electron chi connectivity index (χ4n) is 3.72. The Labute approximate surface area is 185 Å². The lowest BCUT2D eigenvalue weighted by Crippen LogP contribution is -2.44. The minimum absolute atomic E-state index is 0.0982. The number of nitrogens with zero attached hydrogens (tertiary/aromatic N) is 2. The zero-order chi connectivity index (χ0) is 22.4. The molecule has 1 amide bonds. The summed E-state index contributed by atoms with van der Waals surface area (Å²) in [4.78, 5) is 17.4. The van der Waals surface area contributed by atoms with E-state index < -0.39 is 10.0 Å². The van der Waals surface area contributed by atoms with E-state index in [1.807, 2.05) is 6.07 Å². The van der Waals surface area contributed by atoms with Gasteiger partial charge in [-0.05, 0) is 43.2 Å². The van der Waals surface area contributed by atoms with Gasteiger partial charge in [-0.3, -0.25) is 9.52 Å². The van der Waals surface area contributed by atoms with Gasteiger partial charge in [0.05, 0.1) is 10.5 Å². The van der Waals surface area contributed by atoms with E-state index >= 15 is 0 Å². The zero-order valence-corrected chi connectivity index (χ0v) is 19.3. The largest absolute Gasteiger partial charge is 0.368 e. The molecule has 0 spiro atoms. The van der Waals surface area contributed by atoms with Crippen LogP contribution in [-0.2, 0) is 10.0 Å². The van der Waals surface area contributed by atoms with E-state index in [1.54, 1.807) is 55.3 Å². The van der Waals surface area contributed by atoms with Gasteiger partial charge in [0.25, 0.3) is 15.9 Å². The standard InChI is InChI=1S/C23H32N4O3S/c1-4-5-14-26(3)23(28)20-17-19(10-11-21(20)27-15-12-24-13-16-27)25-31(29,30)22-9-7-6-8-18(22)2/h6-11,17,24-25H,4-5,12-16H2,1-3H3. The smallest absolute Gasteiger partial charge is 0.262 e. The van der Waals surface area contributed by atoms with Gasteiger partial charge < -0.3 is 15.1 Å². The Morgan fingerprint density at radius 3 is 2.55 bits per heavy atom. The average molecular weight is 445 g/mol. The Morgan fingerprint density at radius 1 is 1.16 bits per heavy atom. The summed E-state index contributed by atoms with van der Waals surface area (Å²) in [6.07, 6.45) is 1.92. The third kappa shape index (κ3) is 5.57. The topological polar surface area (TPSA) is 81.8 Å². The first kappa shape index (κ1) is 23.1. The second-order valence-corrected chi connectivity index (χ2v) is 9.57. The number of hydrogen-bond donors (Lipinski definition) is 2. The molecule has 0 unspecified atom stereocenters. The van der Waals surface area contributed by atoms with Crippen molar-refractivity contribution < 1.29 is 13.2 Å². The van der Waals surface area contributed by atoms with Gasteiger partial charge in [0, 0.05) is 51.1 Å². The minimum Gasteiger partial charge on any atom is -0.368 e. The van der Waals surface area contributed by atoms with Crippen molar-refractivity contribution >= 4 is 27.3 Å². The maximum atomic E-state index is 13.3. The summed E-state index contributed by atoms with van der Waals surface area (Å²) in [5.41, 5.74) is 2.41. The Balaban J connectivity index is 1.95. The van der Waals surface area contributed by atoms with E-state index in [0.717, 1.165) is 44.7 Å². The third-order valence-electron chi connectivity index (χ3n) is 5.51. The van der Waals surface area contributed by atoms with Crippen molar-refractivity contribution in [1.29, 1.82) is 0 Å². The van der Waals surface area contributed by atoms with Crippen LogP contribution in [0, 0.1) is 6.92 Å². The Morgan fingerprint density at radius 2 is 1.87 bits per heavy atom. The molecular formula is C23H32N4O3S.